The normalized spacial score (nSPS) is 12.2. The van der Waals surface area contributed by atoms with Crippen LogP contribution in [0.25, 0.3) is 21.8 Å². The lowest BCUT2D eigenvalue weighted by atomic mass is 9.97. The number of fused-ring (bicyclic) bond motifs is 2. The SMILES string of the molecule is COc1ccc2cc(C(C)c3nc4ccccc4n3CCCOc3ccccc3Cl)ccc2c1. The van der Waals surface area contributed by atoms with Crippen LogP contribution in [0.3, 0.4) is 0 Å². The van der Waals surface area contributed by atoms with E-state index in [4.69, 9.17) is 26.1 Å². The fourth-order valence-corrected chi connectivity index (χ4v) is 4.60. The number of benzene rings is 4. The molecule has 0 saturated heterocycles. The average Bonchev–Trinajstić information content (AvgIpc) is 3.25. The smallest absolute Gasteiger partial charge is 0.137 e. The van der Waals surface area contributed by atoms with Crippen molar-refractivity contribution in [1.82, 2.24) is 9.55 Å². The third kappa shape index (κ3) is 4.46. The van der Waals surface area contributed by atoms with Crippen molar-refractivity contribution in [2.24, 2.45) is 0 Å². The first kappa shape index (κ1) is 22.3. The first-order valence-corrected chi connectivity index (χ1v) is 11.9. The topological polar surface area (TPSA) is 36.3 Å². The number of ether oxygens (including phenoxy) is 2. The molecule has 1 unspecified atom stereocenters. The second-order valence-electron chi connectivity index (χ2n) is 8.44. The van der Waals surface area contributed by atoms with Crippen LogP contribution in [0, 0.1) is 0 Å². The molecular weight excluding hydrogens is 444 g/mol. The molecule has 0 amide bonds. The number of methoxy groups -OCH3 is 1. The van der Waals surface area contributed by atoms with E-state index in [0.717, 1.165) is 41.3 Å². The van der Waals surface area contributed by atoms with E-state index in [1.54, 1.807) is 7.11 Å². The van der Waals surface area contributed by atoms with Gasteiger partial charge in [0.05, 0.1) is 29.8 Å². The molecule has 1 aromatic heterocycles. The summed E-state index contributed by atoms with van der Waals surface area (Å²) in [5.74, 6) is 2.80. The third-order valence-corrected chi connectivity index (χ3v) is 6.58. The Kier molecular flexibility index (Phi) is 6.41. The molecule has 0 N–H and O–H groups in total. The van der Waals surface area contributed by atoms with Gasteiger partial charge in [-0.25, -0.2) is 4.98 Å². The molecule has 0 spiro atoms. The summed E-state index contributed by atoms with van der Waals surface area (Å²) in [4.78, 5) is 5.03. The van der Waals surface area contributed by atoms with Gasteiger partial charge in [0.2, 0.25) is 0 Å². The van der Waals surface area contributed by atoms with Gasteiger partial charge in [0.1, 0.15) is 17.3 Å². The van der Waals surface area contributed by atoms with Crippen molar-refractivity contribution in [1.29, 1.82) is 0 Å². The van der Waals surface area contributed by atoms with Gasteiger partial charge in [-0.05, 0) is 59.2 Å². The quantitative estimate of drug-likeness (QED) is 0.221. The molecule has 1 atom stereocenters. The standard InChI is InChI=1S/C29H27ClN2O2/c1-20(21-12-13-23-19-24(33-2)15-14-22(23)18-21)29-31-26-9-4-5-10-27(26)32(29)16-7-17-34-28-11-6-3-8-25(28)30/h3-6,8-15,18-20H,7,16-17H2,1-2H3. The lowest BCUT2D eigenvalue weighted by Gasteiger charge is -2.16. The van der Waals surface area contributed by atoms with E-state index in [9.17, 15) is 0 Å². The molecule has 5 aromatic rings. The minimum absolute atomic E-state index is 0.142. The zero-order chi connectivity index (χ0) is 23.5. The van der Waals surface area contributed by atoms with Crippen LogP contribution in [0.15, 0.2) is 84.9 Å². The Hall–Kier alpha value is -3.50. The van der Waals surface area contributed by atoms with E-state index >= 15 is 0 Å². The van der Waals surface area contributed by atoms with E-state index in [1.807, 2.05) is 36.4 Å². The number of imidazole rings is 1. The maximum atomic E-state index is 6.23. The molecule has 0 bridgehead atoms. The van der Waals surface area contributed by atoms with Gasteiger partial charge in [-0.15, -0.1) is 0 Å². The highest BCUT2D eigenvalue weighted by molar-refractivity contribution is 6.32. The summed E-state index contributed by atoms with van der Waals surface area (Å²) >= 11 is 6.23. The van der Waals surface area contributed by atoms with Crippen molar-refractivity contribution in [3.63, 3.8) is 0 Å². The van der Waals surface area contributed by atoms with Gasteiger partial charge in [0.25, 0.3) is 0 Å². The van der Waals surface area contributed by atoms with Gasteiger partial charge < -0.3 is 14.0 Å². The maximum absolute atomic E-state index is 6.23. The van der Waals surface area contributed by atoms with Crippen LogP contribution in [-0.4, -0.2) is 23.3 Å². The lowest BCUT2D eigenvalue weighted by molar-refractivity contribution is 0.302. The van der Waals surface area contributed by atoms with Crippen molar-refractivity contribution < 1.29 is 9.47 Å². The molecule has 0 fully saturated rings. The molecule has 0 aliphatic heterocycles. The van der Waals surface area contributed by atoms with Crippen LogP contribution in [0.4, 0.5) is 0 Å². The summed E-state index contributed by atoms with van der Waals surface area (Å²) in [5, 5.41) is 3.00. The Morgan fingerprint density at radius 2 is 1.68 bits per heavy atom. The Morgan fingerprint density at radius 3 is 2.53 bits per heavy atom. The van der Waals surface area contributed by atoms with Crippen LogP contribution >= 0.6 is 11.6 Å². The highest BCUT2D eigenvalue weighted by Crippen LogP contribution is 2.31. The number of hydrogen-bond donors (Lipinski definition) is 0. The molecule has 4 nitrogen and oxygen atoms in total. The Bertz CT molecular complexity index is 1440. The summed E-state index contributed by atoms with van der Waals surface area (Å²) in [6, 6.07) is 28.7. The molecule has 5 heteroatoms. The first-order chi connectivity index (χ1) is 16.6. The molecular formula is C29H27ClN2O2. The fraction of sp³-hybridized carbons (Fsp3) is 0.207. The summed E-state index contributed by atoms with van der Waals surface area (Å²) in [6.07, 6.45) is 0.850. The number of para-hydroxylation sites is 3. The van der Waals surface area contributed by atoms with Gasteiger partial charge in [0, 0.05) is 12.5 Å². The number of aryl methyl sites for hydroxylation is 1. The summed E-state index contributed by atoms with van der Waals surface area (Å²) in [5.41, 5.74) is 3.40. The number of hydrogen-bond acceptors (Lipinski definition) is 3. The zero-order valence-electron chi connectivity index (χ0n) is 19.4. The van der Waals surface area contributed by atoms with Crippen LogP contribution in [0.1, 0.15) is 30.7 Å². The maximum Gasteiger partial charge on any atom is 0.137 e. The largest absolute Gasteiger partial charge is 0.497 e. The molecule has 1 heterocycles. The molecule has 0 saturated carbocycles. The Labute approximate surface area is 204 Å². The minimum atomic E-state index is 0.142. The number of nitrogens with zero attached hydrogens (tertiary/aromatic N) is 2. The van der Waals surface area contributed by atoms with E-state index in [2.05, 4.69) is 60.0 Å². The van der Waals surface area contributed by atoms with Crippen molar-refractivity contribution in [3.8, 4) is 11.5 Å². The van der Waals surface area contributed by atoms with E-state index in [-0.39, 0.29) is 5.92 Å². The predicted octanol–water partition coefficient (Wildman–Crippen LogP) is 7.47. The highest BCUT2D eigenvalue weighted by atomic mass is 35.5. The Balaban J connectivity index is 1.41. The molecule has 0 aliphatic rings. The average molecular weight is 471 g/mol. The first-order valence-electron chi connectivity index (χ1n) is 11.5. The van der Waals surface area contributed by atoms with E-state index in [0.29, 0.717) is 11.6 Å². The molecule has 34 heavy (non-hydrogen) atoms. The van der Waals surface area contributed by atoms with Crippen molar-refractivity contribution in [2.75, 3.05) is 13.7 Å². The van der Waals surface area contributed by atoms with Crippen molar-refractivity contribution in [2.45, 2.75) is 25.8 Å². The van der Waals surface area contributed by atoms with Gasteiger partial charge in [-0.1, -0.05) is 67.1 Å². The second kappa shape index (κ2) is 9.78. The minimum Gasteiger partial charge on any atom is -0.497 e. The van der Waals surface area contributed by atoms with Gasteiger partial charge in [-0.2, -0.15) is 0 Å². The summed E-state index contributed by atoms with van der Waals surface area (Å²) in [7, 11) is 1.70. The van der Waals surface area contributed by atoms with Crippen LogP contribution < -0.4 is 9.47 Å². The molecule has 0 radical (unpaired) electrons. The van der Waals surface area contributed by atoms with Crippen LogP contribution in [0.5, 0.6) is 11.5 Å². The molecule has 172 valence electrons. The monoisotopic (exact) mass is 470 g/mol. The number of rotatable bonds is 8. The molecule has 5 rings (SSSR count). The molecule has 0 aliphatic carbocycles. The van der Waals surface area contributed by atoms with Crippen molar-refractivity contribution in [3.05, 3.63) is 101 Å². The highest BCUT2D eigenvalue weighted by Gasteiger charge is 2.18. The number of aromatic nitrogens is 2. The van der Waals surface area contributed by atoms with Gasteiger partial charge >= 0.3 is 0 Å². The van der Waals surface area contributed by atoms with E-state index < -0.39 is 0 Å². The van der Waals surface area contributed by atoms with Gasteiger partial charge in [-0.3, -0.25) is 0 Å². The number of halogens is 1. The van der Waals surface area contributed by atoms with Crippen molar-refractivity contribution >= 4 is 33.4 Å². The third-order valence-electron chi connectivity index (χ3n) is 6.26. The van der Waals surface area contributed by atoms with Crippen LogP contribution in [0.2, 0.25) is 5.02 Å². The predicted molar refractivity (Wildman–Crippen MR) is 139 cm³/mol. The Morgan fingerprint density at radius 1 is 0.912 bits per heavy atom. The second-order valence-corrected chi connectivity index (χ2v) is 8.84. The summed E-state index contributed by atoms with van der Waals surface area (Å²) in [6.45, 7) is 3.62. The summed E-state index contributed by atoms with van der Waals surface area (Å²) < 4.78 is 13.6. The zero-order valence-corrected chi connectivity index (χ0v) is 20.1. The van der Waals surface area contributed by atoms with Crippen LogP contribution in [-0.2, 0) is 6.54 Å². The lowest BCUT2D eigenvalue weighted by Crippen LogP contribution is -2.11. The fourth-order valence-electron chi connectivity index (χ4n) is 4.41. The van der Waals surface area contributed by atoms with Gasteiger partial charge in [0.15, 0.2) is 0 Å². The van der Waals surface area contributed by atoms with E-state index in [1.165, 1.54) is 16.3 Å². The molecule has 4 aromatic carbocycles.